The maximum atomic E-state index is 12.4. The molecule has 0 aromatic carbocycles. The van der Waals surface area contributed by atoms with Gasteiger partial charge in [0.15, 0.2) is 0 Å². The predicted octanol–water partition coefficient (Wildman–Crippen LogP) is 17.9. The second-order valence-electron chi connectivity index (χ2n) is 18.6. The molecule has 4 nitrogen and oxygen atoms in total. The number of amides is 1. The molecule has 0 saturated carbocycles. The molecule has 4 heteroatoms. The number of carbonyl (C=O) groups is 1. The topological polar surface area (TPSA) is 69.6 Å². The van der Waals surface area contributed by atoms with Gasteiger partial charge in [-0.3, -0.25) is 4.79 Å². The smallest absolute Gasteiger partial charge is 0.220 e. The Morgan fingerprint density at radius 1 is 0.377 bits per heavy atom. The Morgan fingerprint density at radius 2 is 0.639 bits per heavy atom. The summed E-state index contributed by atoms with van der Waals surface area (Å²) in [6.45, 7) is 4.28. The normalized spacial score (nSPS) is 13.2. The minimum Gasteiger partial charge on any atom is -0.394 e. The van der Waals surface area contributed by atoms with Gasteiger partial charge in [0.05, 0.1) is 18.8 Å². The fourth-order valence-electron chi connectivity index (χ4n) is 8.32. The first-order valence-corrected chi connectivity index (χ1v) is 27.4. The SMILES string of the molecule is CCCCCC/C=C/CC/C=C/CC/C=C/C(O)C(CO)NC(=O)CCCCCCCCCCCCCCCCCCCCCCCCC/C=C\CCCCCCCCCC. The first-order chi connectivity index (χ1) is 30.2. The lowest BCUT2D eigenvalue weighted by Gasteiger charge is -2.19. The van der Waals surface area contributed by atoms with Gasteiger partial charge in [0.1, 0.15) is 0 Å². The Morgan fingerprint density at radius 3 is 0.967 bits per heavy atom. The van der Waals surface area contributed by atoms with Gasteiger partial charge in [0, 0.05) is 6.42 Å². The van der Waals surface area contributed by atoms with Crippen LogP contribution in [0, 0.1) is 0 Å². The number of aliphatic hydroxyl groups excluding tert-OH is 2. The second-order valence-corrected chi connectivity index (χ2v) is 18.6. The molecule has 0 radical (unpaired) electrons. The highest BCUT2D eigenvalue weighted by molar-refractivity contribution is 5.76. The van der Waals surface area contributed by atoms with E-state index in [-0.39, 0.29) is 12.5 Å². The van der Waals surface area contributed by atoms with Crippen LogP contribution in [-0.4, -0.2) is 34.9 Å². The van der Waals surface area contributed by atoms with Crippen LogP contribution in [0.1, 0.15) is 290 Å². The molecule has 0 aromatic rings. The summed E-state index contributed by atoms with van der Waals surface area (Å²) in [4.78, 5) is 12.4. The zero-order chi connectivity index (χ0) is 44.2. The Hall–Kier alpha value is -1.65. The summed E-state index contributed by atoms with van der Waals surface area (Å²) >= 11 is 0. The third-order valence-electron chi connectivity index (χ3n) is 12.5. The highest BCUT2D eigenvalue weighted by atomic mass is 16.3. The molecule has 2 unspecified atom stereocenters. The van der Waals surface area contributed by atoms with E-state index in [1.54, 1.807) is 6.08 Å². The summed E-state index contributed by atoms with van der Waals surface area (Å²) in [5, 5.41) is 23.0. The number of unbranched alkanes of at least 4 members (excludes halogenated alkanes) is 37. The van der Waals surface area contributed by atoms with Crippen LogP contribution < -0.4 is 5.32 Å². The van der Waals surface area contributed by atoms with Gasteiger partial charge in [-0.25, -0.2) is 0 Å². The Labute approximate surface area is 382 Å². The number of carbonyl (C=O) groups excluding carboxylic acids is 1. The van der Waals surface area contributed by atoms with E-state index in [0.29, 0.717) is 6.42 Å². The van der Waals surface area contributed by atoms with Gasteiger partial charge in [0.2, 0.25) is 5.91 Å². The molecule has 0 spiro atoms. The van der Waals surface area contributed by atoms with Crippen LogP contribution in [0.5, 0.6) is 0 Å². The van der Waals surface area contributed by atoms with Gasteiger partial charge in [0.25, 0.3) is 0 Å². The second kappa shape index (κ2) is 52.7. The number of hydrogen-bond acceptors (Lipinski definition) is 3. The van der Waals surface area contributed by atoms with E-state index in [9.17, 15) is 15.0 Å². The van der Waals surface area contributed by atoms with E-state index >= 15 is 0 Å². The van der Waals surface area contributed by atoms with Gasteiger partial charge in [-0.1, -0.05) is 262 Å². The van der Waals surface area contributed by atoms with E-state index in [2.05, 4.69) is 55.6 Å². The molecule has 0 saturated heterocycles. The average molecular weight is 854 g/mol. The van der Waals surface area contributed by atoms with Gasteiger partial charge >= 0.3 is 0 Å². The van der Waals surface area contributed by atoms with E-state index in [1.165, 1.54) is 231 Å². The van der Waals surface area contributed by atoms with Crippen molar-refractivity contribution in [3.8, 4) is 0 Å². The number of allylic oxidation sites excluding steroid dienone is 7. The lowest BCUT2D eigenvalue weighted by atomic mass is 10.0. The lowest BCUT2D eigenvalue weighted by molar-refractivity contribution is -0.123. The Kier molecular flexibility index (Phi) is 51.3. The Bertz CT molecular complexity index is 970. The van der Waals surface area contributed by atoms with Crippen LogP contribution in [0.2, 0.25) is 0 Å². The maximum absolute atomic E-state index is 12.4. The standard InChI is InChI=1S/C57H107NO3/c1-3-5-7-9-11-13-15-17-19-20-21-22-23-24-25-26-27-28-29-30-31-32-33-34-35-36-37-38-39-41-43-45-47-49-51-53-57(61)58-55(54-59)56(60)52-50-48-46-44-42-40-18-16-14-12-10-8-6-4-2/h14,16,20-21,42,44,50,52,55-56,59-60H,3-13,15,17-19,22-41,43,45-49,51,53-54H2,1-2H3,(H,58,61)/b16-14+,21-20-,44-42+,52-50+. The van der Waals surface area contributed by atoms with Gasteiger partial charge in [-0.15, -0.1) is 0 Å². The van der Waals surface area contributed by atoms with Crippen LogP contribution in [0.15, 0.2) is 48.6 Å². The van der Waals surface area contributed by atoms with Gasteiger partial charge < -0.3 is 15.5 Å². The van der Waals surface area contributed by atoms with Crippen molar-refractivity contribution in [3.63, 3.8) is 0 Å². The molecule has 0 bridgehead atoms. The first kappa shape index (κ1) is 59.4. The molecule has 0 aliphatic heterocycles. The van der Waals surface area contributed by atoms with Gasteiger partial charge in [-0.05, 0) is 70.6 Å². The summed E-state index contributed by atoms with van der Waals surface area (Å²) in [5.74, 6) is -0.0750. The lowest BCUT2D eigenvalue weighted by Crippen LogP contribution is -2.45. The Balaban J connectivity index is 3.43. The largest absolute Gasteiger partial charge is 0.394 e. The van der Waals surface area contributed by atoms with Crippen molar-refractivity contribution < 1.29 is 15.0 Å². The highest BCUT2D eigenvalue weighted by Crippen LogP contribution is 2.17. The third-order valence-corrected chi connectivity index (χ3v) is 12.5. The quantitative estimate of drug-likeness (QED) is 0.0422. The maximum Gasteiger partial charge on any atom is 0.220 e. The summed E-state index contributed by atoms with van der Waals surface area (Å²) in [5.41, 5.74) is 0. The molecule has 0 heterocycles. The molecule has 3 N–H and O–H groups in total. The molecule has 0 aromatic heterocycles. The fourth-order valence-corrected chi connectivity index (χ4v) is 8.32. The number of aliphatic hydroxyl groups is 2. The van der Waals surface area contributed by atoms with Crippen molar-refractivity contribution in [2.45, 2.75) is 302 Å². The molecule has 0 aliphatic carbocycles. The summed E-state index contributed by atoms with van der Waals surface area (Å²) in [7, 11) is 0. The summed E-state index contributed by atoms with van der Waals surface area (Å²) in [6.07, 6.45) is 72.8. The van der Waals surface area contributed by atoms with Crippen LogP contribution in [0.4, 0.5) is 0 Å². The van der Waals surface area contributed by atoms with E-state index < -0.39 is 12.1 Å². The molecule has 61 heavy (non-hydrogen) atoms. The summed E-state index contributed by atoms with van der Waals surface area (Å²) < 4.78 is 0. The molecular weight excluding hydrogens is 747 g/mol. The molecule has 0 fully saturated rings. The van der Waals surface area contributed by atoms with E-state index in [1.807, 2.05) is 6.08 Å². The van der Waals surface area contributed by atoms with Crippen molar-refractivity contribution >= 4 is 5.91 Å². The number of hydrogen-bond donors (Lipinski definition) is 3. The van der Waals surface area contributed by atoms with Crippen LogP contribution in [0.25, 0.3) is 0 Å². The monoisotopic (exact) mass is 854 g/mol. The molecule has 0 rings (SSSR count). The van der Waals surface area contributed by atoms with Crippen molar-refractivity contribution in [1.29, 1.82) is 0 Å². The number of nitrogens with one attached hydrogen (secondary N) is 1. The first-order valence-electron chi connectivity index (χ1n) is 27.4. The van der Waals surface area contributed by atoms with Crippen molar-refractivity contribution in [2.75, 3.05) is 6.61 Å². The van der Waals surface area contributed by atoms with E-state index in [4.69, 9.17) is 0 Å². The molecule has 358 valence electrons. The van der Waals surface area contributed by atoms with Crippen LogP contribution in [0.3, 0.4) is 0 Å². The van der Waals surface area contributed by atoms with Crippen molar-refractivity contribution in [3.05, 3.63) is 48.6 Å². The number of rotatable bonds is 50. The zero-order valence-electron chi connectivity index (χ0n) is 41.2. The summed E-state index contributed by atoms with van der Waals surface area (Å²) in [6, 6.07) is -0.644. The predicted molar refractivity (Wildman–Crippen MR) is 271 cm³/mol. The van der Waals surface area contributed by atoms with Crippen LogP contribution in [-0.2, 0) is 4.79 Å². The molecular formula is C57H107NO3. The third kappa shape index (κ3) is 49.2. The minimum atomic E-state index is -0.868. The van der Waals surface area contributed by atoms with Gasteiger partial charge in [-0.2, -0.15) is 0 Å². The molecule has 1 amide bonds. The minimum absolute atomic E-state index is 0.0750. The molecule has 2 atom stereocenters. The average Bonchev–Trinajstić information content (AvgIpc) is 3.26. The van der Waals surface area contributed by atoms with Crippen molar-refractivity contribution in [2.24, 2.45) is 0 Å². The van der Waals surface area contributed by atoms with Crippen LogP contribution >= 0.6 is 0 Å². The van der Waals surface area contributed by atoms with E-state index in [0.717, 1.165) is 38.5 Å². The highest BCUT2D eigenvalue weighted by Gasteiger charge is 2.18. The van der Waals surface area contributed by atoms with Crippen molar-refractivity contribution in [1.82, 2.24) is 5.32 Å². The fraction of sp³-hybridized carbons (Fsp3) is 0.842. The molecule has 0 aliphatic rings. The zero-order valence-corrected chi connectivity index (χ0v) is 41.2.